The first kappa shape index (κ1) is 15.1. The van der Waals surface area contributed by atoms with Gasteiger partial charge in [-0.05, 0) is 18.6 Å². The highest BCUT2D eigenvalue weighted by Crippen LogP contribution is 1.95. The summed E-state index contributed by atoms with van der Waals surface area (Å²) < 4.78 is 5.26. The molecule has 0 aliphatic heterocycles. The molecule has 0 spiro atoms. The van der Waals surface area contributed by atoms with Crippen molar-refractivity contribution in [2.75, 3.05) is 13.2 Å². The molecule has 1 aromatic carbocycles. The lowest BCUT2D eigenvalue weighted by Gasteiger charge is -1.98. The second-order valence-corrected chi connectivity index (χ2v) is 3.86. The minimum absolute atomic E-state index is 0.369. The Morgan fingerprint density at radius 2 is 1.89 bits per heavy atom. The number of hydrogen-bond donors (Lipinski definition) is 1. The summed E-state index contributed by atoms with van der Waals surface area (Å²) in [5.74, 6) is 11.7. The van der Waals surface area contributed by atoms with Crippen molar-refractivity contribution in [3.63, 3.8) is 0 Å². The molecule has 0 radical (unpaired) electrons. The third-order valence-corrected chi connectivity index (χ3v) is 2.32. The molecule has 0 amide bonds. The fraction of sp³-hybridized carbons (Fsp3) is 0.294. The molecular formula is C17H18O2. The molecule has 0 fully saturated rings. The molecule has 2 nitrogen and oxygen atoms in total. The van der Waals surface area contributed by atoms with Gasteiger partial charge in [0.15, 0.2) is 0 Å². The Balaban J connectivity index is 2.10. The van der Waals surface area contributed by atoms with Gasteiger partial charge in [0, 0.05) is 12.0 Å². The van der Waals surface area contributed by atoms with Gasteiger partial charge >= 0.3 is 0 Å². The highest BCUT2D eigenvalue weighted by molar-refractivity contribution is 5.33. The smallest absolute Gasteiger partial charge is 0.109 e. The van der Waals surface area contributed by atoms with Gasteiger partial charge in [-0.3, -0.25) is 0 Å². The van der Waals surface area contributed by atoms with Gasteiger partial charge in [-0.15, -0.1) is 12.5 Å². The van der Waals surface area contributed by atoms with Crippen molar-refractivity contribution in [2.45, 2.75) is 18.9 Å². The highest BCUT2D eigenvalue weighted by atomic mass is 16.5. The van der Waals surface area contributed by atoms with E-state index in [0.29, 0.717) is 26.1 Å². The molecule has 98 valence electrons. The summed E-state index contributed by atoms with van der Waals surface area (Å²) in [5.41, 5.74) is 0.982. The number of benzene rings is 1. The molecule has 0 heterocycles. The van der Waals surface area contributed by atoms with E-state index < -0.39 is 6.10 Å². The first-order chi connectivity index (χ1) is 9.33. The van der Waals surface area contributed by atoms with Crippen molar-refractivity contribution in [3.8, 4) is 23.7 Å². The normalized spacial score (nSPS) is 10.6. The maximum atomic E-state index is 9.20. The fourth-order valence-corrected chi connectivity index (χ4v) is 1.29. The van der Waals surface area contributed by atoms with E-state index in [1.54, 1.807) is 0 Å². The van der Waals surface area contributed by atoms with Gasteiger partial charge in [-0.1, -0.05) is 42.0 Å². The monoisotopic (exact) mass is 254 g/mol. The Kier molecular flexibility index (Phi) is 7.90. The van der Waals surface area contributed by atoms with Crippen LogP contribution in [0.5, 0.6) is 0 Å². The van der Waals surface area contributed by atoms with Crippen LogP contribution in [0, 0.1) is 23.7 Å². The van der Waals surface area contributed by atoms with Crippen molar-refractivity contribution >= 4 is 0 Å². The van der Waals surface area contributed by atoms with Crippen LogP contribution in [0.2, 0.25) is 0 Å². The summed E-state index contributed by atoms with van der Waals surface area (Å²) in [7, 11) is 0. The average Bonchev–Trinajstić information content (AvgIpc) is 2.46. The van der Waals surface area contributed by atoms with E-state index in [0.717, 1.165) is 5.56 Å². The van der Waals surface area contributed by atoms with E-state index in [2.05, 4.69) is 30.3 Å². The van der Waals surface area contributed by atoms with Crippen LogP contribution >= 0.6 is 0 Å². The predicted octanol–water partition coefficient (Wildman–Crippen LogP) is 2.39. The molecule has 0 aliphatic rings. The fourth-order valence-electron chi connectivity index (χ4n) is 1.29. The van der Waals surface area contributed by atoms with Crippen molar-refractivity contribution in [1.82, 2.24) is 0 Å². The minimum atomic E-state index is -0.466. The van der Waals surface area contributed by atoms with E-state index in [-0.39, 0.29) is 0 Å². The Morgan fingerprint density at radius 1 is 1.16 bits per heavy atom. The first-order valence-electron chi connectivity index (χ1n) is 6.21. The van der Waals surface area contributed by atoms with E-state index in [9.17, 15) is 5.11 Å². The van der Waals surface area contributed by atoms with Crippen molar-refractivity contribution in [3.05, 3.63) is 48.6 Å². The Hall–Kier alpha value is -2.00. The predicted molar refractivity (Wildman–Crippen MR) is 77.4 cm³/mol. The van der Waals surface area contributed by atoms with Crippen molar-refractivity contribution in [2.24, 2.45) is 0 Å². The third kappa shape index (κ3) is 7.84. The zero-order chi connectivity index (χ0) is 13.8. The van der Waals surface area contributed by atoms with Gasteiger partial charge < -0.3 is 9.84 Å². The average molecular weight is 254 g/mol. The van der Waals surface area contributed by atoms with Crippen LogP contribution in [0.15, 0.2) is 43.0 Å². The second kappa shape index (κ2) is 9.97. The summed E-state index contributed by atoms with van der Waals surface area (Å²) in [6.45, 7) is 4.24. The number of aliphatic hydroxyl groups excluding tert-OH is 1. The topological polar surface area (TPSA) is 29.5 Å². The van der Waals surface area contributed by atoms with Gasteiger partial charge in [0.25, 0.3) is 0 Å². The standard InChI is InChI=1S/C17H18O2/c1-2-17(18)13-7-4-8-14-19-15-9-12-16-10-5-3-6-11-16/h2-3,5-6,10-11,17-18H,1,7,13-15H2. The zero-order valence-corrected chi connectivity index (χ0v) is 10.9. The molecule has 0 bridgehead atoms. The molecule has 1 rings (SSSR count). The number of ether oxygens (including phenoxy) is 1. The molecule has 0 aromatic heterocycles. The van der Waals surface area contributed by atoms with Crippen molar-refractivity contribution in [1.29, 1.82) is 0 Å². The van der Waals surface area contributed by atoms with Crippen LogP contribution in [0.25, 0.3) is 0 Å². The zero-order valence-electron chi connectivity index (χ0n) is 10.9. The van der Waals surface area contributed by atoms with E-state index >= 15 is 0 Å². The number of aliphatic hydroxyl groups is 1. The van der Waals surface area contributed by atoms with Gasteiger partial charge in [0.2, 0.25) is 0 Å². The van der Waals surface area contributed by atoms with E-state index in [1.165, 1.54) is 6.08 Å². The van der Waals surface area contributed by atoms with E-state index in [1.807, 2.05) is 30.3 Å². The van der Waals surface area contributed by atoms with E-state index in [4.69, 9.17) is 4.74 Å². The number of rotatable bonds is 5. The molecule has 1 aromatic rings. The summed E-state index contributed by atoms with van der Waals surface area (Å²) >= 11 is 0. The number of hydrogen-bond acceptors (Lipinski definition) is 2. The lowest BCUT2D eigenvalue weighted by Crippen LogP contribution is -1.99. The Labute approximate surface area is 115 Å². The largest absolute Gasteiger partial charge is 0.389 e. The molecule has 19 heavy (non-hydrogen) atoms. The lowest BCUT2D eigenvalue weighted by molar-refractivity contribution is 0.204. The van der Waals surface area contributed by atoms with Gasteiger partial charge in [0.1, 0.15) is 13.2 Å². The molecular weight excluding hydrogens is 236 g/mol. The Morgan fingerprint density at radius 3 is 2.63 bits per heavy atom. The lowest BCUT2D eigenvalue weighted by atomic mass is 10.2. The highest BCUT2D eigenvalue weighted by Gasteiger charge is 1.93. The van der Waals surface area contributed by atoms with Crippen LogP contribution in [0.1, 0.15) is 18.4 Å². The third-order valence-electron chi connectivity index (χ3n) is 2.32. The van der Waals surface area contributed by atoms with Crippen LogP contribution < -0.4 is 0 Å². The van der Waals surface area contributed by atoms with Crippen LogP contribution in [-0.2, 0) is 4.74 Å². The summed E-state index contributed by atoms with van der Waals surface area (Å²) in [5, 5.41) is 9.20. The summed E-state index contributed by atoms with van der Waals surface area (Å²) in [6, 6.07) is 9.78. The molecule has 1 atom stereocenters. The maximum absolute atomic E-state index is 9.20. The van der Waals surface area contributed by atoms with Gasteiger partial charge in [0.05, 0.1) is 6.10 Å². The molecule has 0 saturated heterocycles. The first-order valence-corrected chi connectivity index (χ1v) is 6.21. The second-order valence-electron chi connectivity index (χ2n) is 3.86. The van der Waals surface area contributed by atoms with Crippen LogP contribution in [0.3, 0.4) is 0 Å². The molecule has 1 unspecified atom stereocenters. The molecule has 1 N–H and O–H groups in total. The minimum Gasteiger partial charge on any atom is -0.389 e. The van der Waals surface area contributed by atoms with Gasteiger partial charge in [-0.2, -0.15) is 0 Å². The molecule has 2 heteroatoms. The van der Waals surface area contributed by atoms with Crippen molar-refractivity contribution < 1.29 is 9.84 Å². The Bertz CT molecular complexity index is 483. The maximum Gasteiger partial charge on any atom is 0.109 e. The van der Waals surface area contributed by atoms with Crippen LogP contribution in [0.4, 0.5) is 0 Å². The quantitative estimate of drug-likeness (QED) is 0.496. The summed E-state index contributed by atoms with van der Waals surface area (Å²) in [4.78, 5) is 0. The van der Waals surface area contributed by atoms with Crippen LogP contribution in [-0.4, -0.2) is 24.4 Å². The summed E-state index contributed by atoms with van der Waals surface area (Å²) in [6.07, 6.45) is 2.31. The van der Waals surface area contributed by atoms with Gasteiger partial charge in [-0.25, -0.2) is 0 Å². The molecule has 0 saturated carbocycles. The molecule has 0 aliphatic carbocycles. The SMILES string of the molecule is C=CC(O)CCC#CCOCC#Cc1ccccc1.